The topological polar surface area (TPSA) is 46.2 Å². The van der Waals surface area contributed by atoms with E-state index in [0.717, 1.165) is 0 Å². The number of Topliss-reactive ketones (excluding diaryl/α,β-unsaturated/α-hetero) is 1. The monoisotopic (exact) mass is 225 g/mol. The molecule has 4 heteroatoms. The summed E-state index contributed by atoms with van der Waals surface area (Å²) in [6.45, 7) is 3.07. The normalized spacial score (nSPS) is 11.9. The van der Waals surface area contributed by atoms with Crippen LogP contribution >= 0.6 is 11.6 Å². The molecule has 0 saturated heterocycles. The molecule has 0 fully saturated rings. The van der Waals surface area contributed by atoms with E-state index in [9.17, 15) is 9.59 Å². The van der Waals surface area contributed by atoms with Crippen molar-refractivity contribution in [1.82, 2.24) is 0 Å². The summed E-state index contributed by atoms with van der Waals surface area (Å²) in [5.74, 6) is -0.317. The van der Waals surface area contributed by atoms with Gasteiger partial charge >= 0.3 is 0 Å². The first-order chi connectivity index (χ1) is 7.00. The first-order valence-electron chi connectivity index (χ1n) is 4.56. The lowest BCUT2D eigenvalue weighted by Crippen LogP contribution is -2.20. The maximum absolute atomic E-state index is 11.3. The van der Waals surface area contributed by atoms with Crippen LogP contribution in [0.15, 0.2) is 24.3 Å². The summed E-state index contributed by atoms with van der Waals surface area (Å²) in [6.07, 6.45) is 0. The fourth-order valence-electron chi connectivity index (χ4n) is 1.06. The van der Waals surface area contributed by atoms with Crippen molar-refractivity contribution in [2.75, 3.05) is 5.32 Å². The Bertz CT molecular complexity index is 388. The largest absolute Gasteiger partial charge is 0.325 e. The molecule has 1 rings (SSSR count). The van der Waals surface area contributed by atoms with Gasteiger partial charge in [0.05, 0.1) is 0 Å². The van der Waals surface area contributed by atoms with Crippen LogP contribution in [0.3, 0.4) is 0 Å². The Morgan fingerprint density at radius 3 is 2.60 bits per heavy atom. The Balaban J connectivity index is 2.83. The number of alkyl halides is 1. The molecule has 80 valence electrons. The van der Waals surface area contributed by atoms with Crippen molar-refractivity contribution in [3.05, 3.63) is 29.8 Å². The van der Waals surface area contributed by atoms with Gasteiger partial charge in [0.15, 0.2) is 5.78 Å². The molecule has 0 spiro atoms. The molecule has 0 saturated carbocycles. The SMILES string of the molecule is CC(=O)c1cccc(NC(=O)[C@H](C)Cl)c1. The molecule has 3 nitrogen and oxygen atoms in total. The van der Waals surface area contributed by atoms with Gasteiger partial charge in [-0.1, -0.05) is 12.1 Å². The van der Waals surface area contributed by atoms with Gasteiger partial charge in [-0.15, -0.1) is 11.6 Å². The highest BCUT2D eigenvalue weighted by atomic mass is 35.5. The lowest BCUT2D eigenvalue weighted by molar-refractivity contribution is -0.115. The first-order valence-corrected chi connectivity index (χ1v) is 5.00. The van der Waals surface area contributed by atoms with Crippen molar-refractivity contribution in [1.29, 1.82) is 0 Å². The van der Waals surface area contributed by atoms with Crippen LogP contribution in [0.4, 0.5) is 5.69 Å². The van der Waals surface area contributed by atoms with Crippen LogP contribution in [0.1, 0.15) is 24.2 Å². The quantitative estimate of drug-likeness (QED) is 0.635. The number of hydrogen-bond donors (Lipinski definition) is 1. The van der Waals surface area contributed by atoms with Crippen LogP contribution < -0.4 is 5.32 Å². The second-order valence-corrected chi connectivity index (χ2v) is 3.90. The molecule has 1 atom stereocenters. The number of benzene rings is 1. The van der Waals surface area contributed by atoms with E-state index in [1.807, 2.05) is 0 Å². The smallest absolute Gasteiger partial charge is 0.242 e. The third-order valence-corrected chi connectivity index (χ3v) is 2.10. The van der Waals surface area contributed by atoms with Crippen molar-refractivity contribution >= 4 is 29.0 Å². The Morgan fingerprint density at radius 1 is 1.40 bits per heavy atom. The van der Waals surface area contributed by atoms with Crippen molar-refractivity contribution < 1.29 is 9.59 Å². The maximum Gasteiger partial charge on any atom is 0.242 e. The third kappa shape index (κ3) is 3.36. The van der Waals surface area contributed by atoms with Crippen LogP contribution in [0.2, 0.25) is 0 Å². The van der Waals surface area contributed by atoms with E-state index in [0.29, 0.717) is 11.3 Å². The average molecular weight is 226 g/mol. The molecule has 1 N–H and O–H groups in total. The minimum atomic E-state index is -0.592. The molecule has 0 aliphatic heterocycles. The van der Waals surface area contributed by atoms with Crippen molar-refractivity contribution in [2.24, 2.45) is 0 Å². The van der Waals surface area contributed by atoms with Crippen LogP contribution in [-0.2, 0) is 4.79 Å². The van der Waals surface area contributed by atoms with E-state index in [-0.39, 0.29) is 11.7 Å². The number of halogens is 1. The molecule has 1 aromatic carbocycles. The second kappa shape index (κ2) is 4.94. The van der Waals surface area contributed by atoms with Crippen LogP contribution in [0, 0.1) is 0 Å². The number of amides is 1. The molecule has 15 heavy (non-hydrogen) atoms. The summed E-state index contributed by atoms with van der Waals surface area (Å²) in [5, 5.41) is 2.02. The Morgan fingerprint density at radius 2 is 2.07 bits per heavy atom. The third-order valence-electron chi connectivity index (χ3n) is 1.90. The average Bonchev–Trinajstić information content (AvgIpc) is 2.18. The summed E-state index contributed by atoms with van der Waals surface area (Å²) >= 11 is 5.60. The summed E-state index contributed by atoms with van der Waals surface area (Å²) in [5.41, 5.74) is 1.15. The molecule has 0 aromatic heterocycles. The standard InChI is InChI=1S/C11H12ClNO2/c1-7(12)11(15)13-10-5-3-4-9(6-10)8(2)14/h3-7H,1-2H3,(H,13,15)/t7-/m0/s1. The van der Waals surface area contributed by atoms with Gasteiger partial charge in [0.1, 0.15) is 5.38 Å². The predicted molar refractivity (Wildman–Crippen MR) is 60.4 cm³/mol. The zero-order valence-corrected chi connectivity index (χ0v) is 9.34. The lowest BCUT2D eigenvalue weighted by Gasteiger charge is -2.07. The number of rotatable bonds is 3. The molecule has 0 unspecified atom stereocenters. The molecule has 1 amide bonds. The summed E-state index contributed by atoms with van der Waals surface area (Å²) < 4.78 is 0. The minimum Gasteiger partial charge on any atom is -0.325 e. The molecule has 0 aliphatic carbocycles. The molecular formula is C11H12ClNO2. The highest BCUT2D eigenvalue weighted by molar-refractivity contribution is 6.32. The fraction of sp³-hybridized carbons (Fsp3) is 0.273. The molecule has 0 bridgehead atoms. The van der Waals surface area contributed by atoms with E-state index in [1.54, 1.807) is 31.2 Å². The first kappa shape index (κ1) is 11.7. The summed E-state index contributed by atoms with van der Waals surface area (Å²) in [4.78, 5) is 22.3. The van der Waals surface area contributed by atoms with Gasteiger partial charge in [-0.25, -0.2) is 0 Å². The van der Waals surface area contributed by atoms with E-state index >= 15 is 0 Å². The zero-order valence-electron chi connectivity index (χ0n) is 8.58. The Hall–Kier alpha value is -1.35. The summed E-state index contributed by atoms with van der Waals surface area (Å²) in [6, 6.07) is 6.75. The lowest BCUT2D eigenvalue weighted by atomic mass is 10.1. The molecule has 0 radical (unpaired) electrons. The predicted octanol–water partition coefficient (Wildman–Crippen LogP) is 2.46. The van der Waals surface area contributed by atoms with Gasteiger partial charge in [0.2, 0.25) is 5.91 Å². The fourth-order valence-corrected chi connectivity index (χ4v) is 1.11. The van der Waals surface area contributed by atoms with Crippen LogP contribution in [-0.4, -0.2) is 17.1 Å². The highest BCUT2D eigenvalue weighted by Crippen LogP contribution is 2.12. The second-order valence-electron chi connectivity index (χ2n) is 3.24. The van der Waals surface area contributed by atoms with E-state index in [4.69, 9.17) is 11.6 Å². The number of anilines is 1. The van der Waals surface area contributed by atoms with Gasteiger partial charge in [-0.05, 0) is 26.0 Å². The zero-order chi connectivity index (χ0) is 11.4. The number of carbonyl (C=O) groups is 2. The van der Waals surface area contributed by atoms with Crippen molar-refractivity contribution in [2.45, 2.75) is 19.2 Å². The number of carbonyl (C=O) groups excluding carboxylic acids is 2. The molecule has 0 aliphatic rings. The highest BCUT2D eigenvalue weighted by Gasteiger charge is 2.09. The van der Waals surface area contributed by atoms with Crippen molar-refractivity contribution in [3.63, 3.8) is 0 Å². The van der Waals surface area contributed by atoms with Crippen LogP contribution in [0.5, 0.6) is 0 Å². The number of ketones is 1. The molecular weight excluding hydrogens is 214 g/mol. The number of hydrogen-bond acceptors (Lipinski definition) is 2. The molecule has 0 heterocycles. The van der Waals surface area contributed by atoms with E-state index < -0.39 is 5.38 Å². The Labute approximate surface area is 93.4 Å². The maximum atomic E-state index is 11.3. The van der Waals surface area contributed by atoms with Gasteiger partial charge in [0, 0.05) is 11.3 Å². The van der Waals surface area contributed by atoms with Gasteiger partial charge < -0.3 is 5.32 Å². The van der Waals surface area contributed by atoms with Gasteiger partial charge in [0.25, 0.3) is 0 Å². The van der Waals surface area contributed by atoms with E-state index in [1.165, 1.54) is 6.92 Å². The van der Waals surface area contributed by atoms with Gasteiger partial charge in [-0.2, -0.15) is 0 Å². The Kier molecular flexibility index (Phi) is 3.86. The molecule has 1 aromatic rings. The van der Waals surface area contributed by atoms with Crippen molar-refractivity contribution in [3.8, 4) is 0 Å². The van der Waals surface area contributed by atoms with Gasteiger partial charge in [-0.3, -0.25) is 9.59 Å². The van der Waals surface area contributed by atoms with E-state index in [2.05, 4.69) is 5.32 Å². The van der Waals surface area contributed by atoms with Crippen LogP contribution in [0.25, 0.3) is 0 Å². The summed E-state index contributed by atoms with van der Waals surface area (Å²) in [7, 11) is 0. The minimum absolute atomic E-state index is 0.0370. The number of nitrogens with one attached hydrogen (secondary N) is 1.